The largest absolute Gasteiger partial charge is 0.497 e. The summed E-state index contributed by atoms with van der Waals surface area (Å²) in [4.78, 5) is 39.9. The Morgan fingerprint density at radius 2 is 1.84 bits per heavy atom. The fourth-order valence-corrected chi connectivity index (χ4v) is 4.05. The molecule has 1 saturated heterocycles. The van der Waals surface area contributed by atoms with Crippen LogP contribution in [0.1, 0.15) is 40.0 Å². The van der Waals surface area contributed by atoms with Gasteiger partial charge in [0.1, 0.15) is 17.0 Å². The molecule has 9 heteroatoms. The molecular formula is C23H24N4O5. The van der Waals surface area contributed by atoms with Crippen LogP contribution >= 0.6 is 0 Å². The zero-order valence-corrected chi connectivity index (χ0v) is 18.6. The van der Waals surface area contributed by atoms with Crippen molar-refractivity contribution in [2.24, 2.45) is 0 Å². The van der Waals surface area contributed by atoms with Crippen LogP contribution in [0.4, 0.5) is 4.79 Å². The van der Waals surface area contributed by atoms with Crippen molar-refractivity contribution < 1.29 is 23.6 Å². The quantitative estimate of drug-likeness (QED) is 0.470. The molecule has 3 amide bonds. The number of nitrogens with zero attached hydrogens (tertiary/aromatic N) is 3. The Kier molecular flexibility index (Phi) is 5.12. The summed E-state index contributed by atoms with van der Waals surface area (Å²) in [6.07, 6.45) is 0. The highest BCUT2D eigenvalue weighted by atomic mass is 16.5. The van der Waals surface area contributed by atoms with Crippen molar-refractivity contribution in [3.63, 3.8) is 0 Å². The van der Waals surface area contributed by atoms with Gasteiger partial charge in [-0.3, -0.25) is 19.1 Å². The van der Waals surface area contributed by atoms with E-state index >= 15 is 0 Å². The molecule has 1 aromatic carbocycles. The molecular weight excluding hydrogens is 412 g/mol. The van der Waals surface area contributed by atoms with Gasteiger partial charge in [-0.15, -0.1) is 0 Å². The van der Waals surface area contributed by atoms with Crippen molar-refractivity contribution in [1.82, 2.24) is 19.9 Å². The first-order chi connectivity index (χ1) is 15.2. The number of hydrogen-bond donors (Lipinski definition) is 1. The predicted molar refractivity (Wildman–Crippen MR) is 115 cm³/mol. The Bertz CT molecular complexity index is 1220. The summed E-state index contributed by atoms with van der Waals surface area (Å²) in [5.41, 5.74) is 1.21. The van der Waals surface area contributed by atoms with E-state index in [1.54, 1.807) is 68.8 Å². The zero-order chi connectivity index (χ0) is 23.2. The van der Waals surface area contributed by atoms with Gasteiger partial charge in [-0.25, -0.2) is 4.79 Å². The number of carbonyl (C=O) groups is 3. The Balaban J connectivity index is 1.59. The summed E-state index contributed by atoms with van der Waals surface area (Å²) in [5, 5.41) is 6.73. The molecule has 32 heavy (non-hydrogen) atoms. The minimum atomic E-state index is -1.27. The number of urea groups is 1. The lowest BCUT2D eigenvalue weighted by atomic mass is 9.92. The molecule has 0 saturated carbocycles. The van der Waals surface area contributed by atoms with Gasteiger partial charge in [0.15, 0.2) is 11.6 Å². The maximum atomic E-state index is 13.2. The topological polar surface area (TPSA) is 107 Å². The number of carbonyl (C=O) groups excluding carboxylic acids is 3. The van der Waals surface area contributed by atoms with Crippen molar-refractivity contribution >= 4 is 17.7 Å². The van der Waals surface area contributed by atoms with E-state index < -0.39 is 17.5 Å². The van der Waals surface area contributed by atoms with E-state index in [1.165, 1.54) is 0 Å². The van der Waals surface area contributed by atoms with E-state index in [0.717, 1.165) is 10.6 Å². The Morgan fingerprint density at radius 3 is 2.44 bits per heavy atom. The van der Waals surface area contributed by atoms with Gasteiger partial charge in [-0.05, 0) is 51.5 Å². The summed E-state index contributed by atoms with van der Waals surface area (Å²) in [5.74, 6) is 1.03. The van der Waals surface area contributed by atoms with Crippen LogP contribution in [0.15, 0.2) is 40.9 Å². The Morgan fingerprint density at radius 1 is 1.16 bits per heavy atom. The van der Waals surface area contributed by atoms with Crippen LogP contribution in [-0.2, 0) is 10.3 Å². The lowest BCUT2D eigenvalue weighted by Gasteiger charge is -2.22. The maximum absolute atomic E-state index is 13.2. The first-order valence-corrected chi connectivity index (χ1v) is 10.1. The molecule has 4 rings (SSSR count). The molecule has 1 N–H and O–H groups in total. The highest BCUT2D eigenvalue weighted by Gasteiger charge is 2.49. The SMILES string of the molecule is COc1ccc([C@@]2(C)NC(=O)N(CC(=O)c3cc(C)n(-c4cc(C)on4)c3C)C2=O)cc1. The Hall–Kier alpha value is -3.88. The summed E-state index contributed by atoms with van der Waals surface area (Å²) in [6.45, 7) is 6.69. The number of Topliss-reactive ketones (excluding diaryl/α,β-unsaturated/α-hetero) is 1. The van der Waals surface area contributed by atoms with E-state index in [2.05, 4.69) is 10.5 Å². The van der Waals surface area contributed by atoms with Crippen LogP contribution in [-0.4, -0.2) is 46.0 Å². The summed E-state index contributed by atoms with van der Waals surface area (Å²) in [7, 11) is 1.55. The van der Waals surface area contributed by atoms with Crippen molar-refractivity contribution in [2.45, 2.75) is 33.2 Å². The number of rotatable bonds is 6. The van der Waals surface area contributed by atoms with Gasteiger partial charge in [-0.1, -0.05) is 17.3 Å². The molecule has 1 aliphatic rings. The second kappa shape index (κ2) is 7.67. The van der Waals surface area contributed by atoms with Crippen LogP contribution < -0.4 is 10.1 Å². The molecule has 0 radical (unpaired) electrons. The highest BCUT2D eigenvalue weighted by Crippen LogP contribution is 2.30. The molecule has 2 aromatic heterocycles. The van der Waals surface area contributed by atoms with E-state index in [9.17, 15) is 14.4 Å². The van der Waals surface area contributed by atoms with E-state index in [0.29, 0.717) is 34.1 Å². The number of aryl methyl sites for hydroxylation is 2. The number of nitrogens with one attached hydrogen (secondary N) is 1. The minimum absolute atomic E-state index is 0.341. The van der Waals surface area contributed by atoms with E-state index in [-0.39, 0.29) is 12.3 Å². The molecule has 0 spiro atoms. The van der Waals surface area contributed by atoms with Gasteiger partial charge in [0.05, 0.1) is 13.7 Å². The third-order valence-corrected chi connectivity index (χ3v) is 5.82. The molecule has 0 aliphatic carbocycles. The molecule has 3 heterocycles. The summed E-state index contributed by atoms with van der Waals surface area (Å²) < 4.78 is 12.1. The molecule has 0 unspecified atom stereocenters. The monoisotopic (exact) mass is 436 g/mol. The van der Waals surface area contributed by atoms with Gasteiger partial charge < -0.3 is 14.6 Å². The van der Waals surface area contributed by atoms with Crippen molar-refractivity contribution in [1.29, 1.82) is 0 Å². The van der Waals surface area contributed by atoms with Crippen LogP contribution in [0.5, 0.6) is 5.75 Å². The van der Waals surface area contributed by atoms with Gasteiger partial charge in [-0.2, -0.15) is 0 Å². The molecule has 0 bridgehead atoms. The summed E-state index contributed by atoms with van der Waals surface area (Å²) >= 11 is 0. The van der Waals surface area contributed by atoms with Crippen molar-refractivity contribution in [3.05, 3.63) is 64.7 Å². The van der Waals surface area contributed by atoms with Crippen LogP contribution in [0, 0.1) is 20.8 Å². The first kappa shape index (κ1) is 21.4. The third-order valence-electron chi connectivity index (χ3n) is 5.82. The van der Waals surface area contributed by atoms with E-state index in [4.69, 9.17) is 9.26 Å². The second-order valence-corrected chi connectivity index (χ2v) is 8.01. The van der Waals surface area contributed by atoms with Gasteiger partial charge >= 0.3 is 6.03 Å². The molecule has 1 aliphatic heterocycles. The number of ketones is 1. The average Bonchev–Trinajstić information content (AvgIpc) is 3.38. The highest BCUT2D eigenvalue weighted by molar-refractivity contribution is 6.11. The summed E-state index contributed by atoms with van der Waals surface area (Å²) in [6, 6.07) is 9.76. The Labute approximate surface area is 184 Å². The fourth-order valence-electron chi connectivity index (χ4n) is 4.05. The average molecular weight is 436 g/mol. The van der Waals surface area contributed by atoms with Gasteiger partial charge in [0.25, 0.3) is 5.91 Å². The predicted octanol–water partition coefficient (Wildman–Crippen LogP) is 3.05. The number of hydrogen-bond acceptors (Lipinski definition) is 6. The number of methoxy groups -OCH3 is 1. The van der Waals surface area contributed by atoms with Gasteiger partial charge in [0, 0.05) is 23.0 Å². The zero-order valence-electron chi connectivity index (χ0n) is 18.6. The fraction of sp³-hybridized carbons (Fsp3) is 0.304. The number of aromatic nitrogens is 2. The number of benzene rings is 1. The molecule has 166 valence electrons. The molecule has 1 fully saturated rings. The lowest BCUT2D eigenvalue weighted by Crippen LogP contribution is -2.41. The lowest BCUT2D eigenvalue weighted by molar-refractivity contribution is -0.130. The molecule has 1 atom stereocenters. The number of imide groups is 1. The normalized spacial score (nSPS) is 18.2. The number of ether oxygens (including phenoxy) is 1. The van der Waals surface area contributed by atoms with Gasteiger partial charge in [0.2, 0.25) is 0 Å². The van der Waals surface area contributed by atoms with Crippen LogP contribution in [0.3, 0.4) is 0 Å². The van der Waals surface area contributed by atoms with Crippen molar-refractivity contribution in [3.8, 4) is 11.6 Å². The smallest absolute Gasteiger partial charge is 0.325 e. The molecule has 3 aromatic rings. The van der Waals surface area contributed by atoms with Crippen molar-refractivity contribution in [2.75, 3.05) is 13.7 Å². The van der Waals surface area contributed by atoms with E-state index in [1.807, 2.05) is 6.92 Å². The second-order valence-electron chi connectivity index (χ2n) is 8.01. The standard InChI is InChI=1S/C23H24N4O5/c1-13-10-18(15(3)27(13)20-11-14(2)32-25-20)19(28)12-26-21(29)23(4,24-22(26)30)16-6-8-17(31-5)9-7-16/h6-11H,12H2,1-5H3,(H,24,30)/t23-/m1/s1. The van der Waals surface area contributed by atoms with Crippen LogP contribution in [0.25, 0.3) is 5.82 Å². The minimum Gasteiger partial charge on any atom is -0.497 e. The maximum Gasteiger partial charge on any atom is 0.325 e. The first-order valence-electron chi connectivity index (χ1n) is 10.1. The third kappa shape index (κ3) is 3.35. The van der Waals surface area contributed by atoms with Crippen LogP contribution in [0.2, 0.25) is 0 Å². The molecule has 9 nitrogen and oxygen atoms in total. The number of amides is 3.